The van der Waals surface area contributed by atoms with Gasteiger partial charge in [0.05, 0.1) is 26.1 Å². The molecule has 6 heteroatoms. The summed E-state index contributed by atoms with van der Waals surface area (Å²) >= 11 is 0. The third kappa shape index (κ3) is 5.03. The predicted octanol–water partition coefficient (Wildman–Crippen LogP) is 2.84. The Bertz CT molecular complexity index is 609. The van der Waals surface area contributed by atoms with Gasteiger partial charge in [-0.05, 0) is 32.4 Å². The monoisotopic (exact) mass is 332 g/mol. The molecule has 1 aromatic heterocycles. The van der Waals surface area contributed by atoms with Crippen molar-refractivity contribution < 1.29 is 9.47 Å². The van der Waals surface area contributed by atoms with E-state index in [2.05, 4.69) is 46.7 Å². The van der Waals surface area contributed by atoms with Crippen LogP contribution in [-0.2, 0) is 15.9 Å². The van der Waals surface area contributed by atoms with E-state index in [1.54, 1.807) is 7.11 Å². The number of rotatable bonds is 6. The fourth-order valence-corrected chi connectivity index (χ4v) is 2.55. The summed E-state index contributed by atoms with van der Waals surface area (Å²) in [6.07, 6.45) is 3.64. The molecule has 0 aromatic carbocycles. The van der Waals surface area contributed by atoms with Gasteiger partial charge in [0.1, 0.15) is 11.6 Å². The Morgan fingerprint density at radius 3 is 2.50 bits per heavy atom. The number of anilines is 1. The summed E-state index contributed by atoms with van der Waals surface area (Å²) in [6.45, 7) is 11.3. The second-order valence-electron chi connectivity index (χ2n) is 6.07. The lowest BCUT2D eigenvalue weighted by molar-refractivity contribution is 0.122. The van der Waals surface area contributed by atoms with E-state index in [4.69, 9.17) is 9.47 Å². The standard InChI is InChI=1S/C18H28N4O2/c1-6-16(23-5)11-15(13(2)3)12-17-19-14(4)20-18(21-17)22-7-9-24-10-8-22/h11H,6-10,12H2,1-5H3. The molecule has 0 unspecified atom stereocenters. The maximum absolute atomic E-state index is 5.41. The Hall–Kier alpha value is -1.95. The zero-order valence-corrected chi connectivity index (χ0v) is 15.4. The third-order valence-corrected chi connectivity index (χ3v) is 4.01. The van der Waals surface area contributed by atoms with E-state index in [0.717, 1.165) is 56.1 Å². The van der Waals surface area contributed by atoms with Gasteiger partial charge >= 0.3 is 0 Å². The molecule has 1 aliphatic heterocycles. The van der Waals surface area contributed by atoms with Crippen molar-refractivity contribution >= 4 is 5.95 Å². The molecular weight excluding hydrogens is 304 g/mol. The molecule has 0 atom stereocenters. The van der Waals surface area contributed by atoms with Crippen LogP contribution >= 0.6 is 0 Å². The molecule has 1 saturated heterocycles. The molecule has 1 aliphatic rings. The second-order valence-corrected chi connectivity index (χ2v) is 6.07. The number of aryl methyl sites for hydroxylation is 1. The summed E-state index contributed by atoms with van der Waals surface area (Å²) in [5, 5.41) is 0. The lowest BCUT2D eigenvalue weighted by Gasteiger charge is -2.27. The molecule has 0 aliphatic carbocycles. The molecule has 24 heavy (non-hydrogen) atoms. The van der Waals surface area contributed by atoms with Gasteiger partial charge in [-0.2, -0.15) is 9.97 Å². The van der Waals surface area contributed by atoms with Crippen LogP contribution in [0.3, 0.4) is 0 Å². The highest BCUT2D eigenvalue weighted by atomic mass is 16.5. The van der Waals surface area contributed by atoms with Gasteiger partial charge in [0.2, 0.25) is 5.95 Å². The molecule has 2 heterocycles. The van der Waals surface area contributed by atoms with Gasteiger partial charge in [-0.3, -0.25) is 0 Å². The van der Waals surface area contributed by atoms with Crippen LogP contribution in [0.4, 0.5) is 5.95 Å². The lowest BCUT2D eigenvalue weighted by Crippen LogP contribution is -2.37. The number of aromatic nitrogens is 3. The minimum atomic E-state index is 0.676. The first kappa shape index (κ1) is 18.4. The van der Waals surface area contributed by atoms with Crippen LogP contribution in [0.5, 0.6) is 0 Å². The highest BCUT2D eigenvalue weighted by Gasteiger charge is 2.16. The number of nitrogens with zero attached hydrogens (tertiary/aromatic N) is 4. The Kier molecular flexibility index (Phi) is 6.73. The molecule has 2 rings (SSSR count). The van der Waals surface area contributed by atoms with E-state index < -0.39 is 0 Å². The molecule has 132 valence electrons. The van der Waals surface area contributed by atoms with Crippen LogP contribution in [0.15, 0.2) is 23.0 Å². The first-order valence-electron chi connectivity index (χ1n) is 8.48. The minimum absolute atomic E-state index is 0.676. The summed E-state index contributed by atoms with van der Waals surface area (Å²) in [6, 6.07) is 0. The fraction of sp³-hybridized carbons (Fsp3) is 0.611. The van der Waals surface area contributed by atoms with E-state index in [-0.39, 0.29) is 0 Å². The highest BCUT2D eigenvalue weighted by Crippen LogP contribution is 2.17. The number of hydrogen-bond donors (Lipinski definition) is 0. The van der Waals surface area contributed by atoms with Crippen molar-refractivity contribution in [2.45, 2.75) is 40.5 Å². The number of allylic oxidation sites excluding steroid dienone is 4. The topological polar surface area (TPSA) is 60.4 Å². The summed E-state index contributed by atoms with van der Waals surface area (Å²) in [5.74, 6) is 3.26. The smallest absolute Gasteiger partial charge is 0.229 e. The van der Waals surface area contributed by atoms with Gasteiger partial charge in [0.25, 0.3) is 0 Å². The van der Waals surface area contributed by atoms with E-state index in [9.17, 15) is 0 Å². The van der Waals surface area contributed by atoms with Gasteiger partial charge in [-0.15, -0.1) is 0 Å². The lowest BCUT2D eigenvalue weighted by atomic mass is 10.1. The van der Waals surface area contributed by atoms with Gasteiger partial charge in [0, 0.05) is 25.9 Å². The average Bonchev–Trinajstić information content (AvgIpc) is 2.58. The van der Waals surface area contributed by atoms with Crippen molar-refractivity contribution in [2.75, 3.05) is 38.3 Å². The third-order valence-electron chi connectivity index (χ3n) is 4.01. The van der Waals surface area contributed by atoms with Crippen LogP contribution in [0.25, 0.3) is 0 Å². The molecule has 0 spiro atoms. The molecule has 1 fully saturated rings. The minimum Gasteiger partial charge on any atom is -0.501 e. The summed E-state index contributed by atoms with van der Waals surface area (Å²) in [4.78, 5) is 15.9. The Morgan fingerprint density at radius 2 is 1.92 bits per heavy atom. The molecular formula is C18H28N4O2. The first-order chi connectivity index (χ1) is 11.5. The van der Waals surface area contributed by atoms with E-state index in [1.807, 2.05) is 6.92 Å². The number of hydrogen-bond acceptors (Lipinski definition) is 6. The maximum Gasteiger partial charge on any atom is 0.229 e. The van der Waals surface area contributed by atoms with Crippen molar-refractivity contribution in [3.63, 3.8) is 0 Å². The zero-order chi connectivity index (χ0) is 17.5. The predicted molar refractivity (Wildman–Crippen MR) is 95.1 cm³/mol. The summed E-state index contributed by atoms with van der Waals surface area (Å²) < 4.78 is 10.8. The van der Waals surface area contributed by atoms with Gasteiger partial charge in [-0.1, -0.05) is 12.5 Å². The van der Waals surface area contributed by atoms with Crippen molar-refractivity contribution in [3.8, 4) is 0 Å². The van der Waals surface area contributed by atoms with Gasteiger partial charge < -0.3 is 14.4 Å². The van der Waals surface area contributed by atoms with E-state index in [1.165, 1.54) is 11.1 Å². The molecule has 0 radical (unpaired) electrons. The van der Waals surface area contributed by atoms with Crippen molar-refractivity contribution in [1.29, 1.82) is 0 Å². The molecule has 6 nitrogen and oxygen atoms in total. The van der Waals surface area contributed by atoms with Crippen molar-refractivity contribution in [3.05, 3.63) is 34.6 Å². The van der Waals surface area contributed by atoms with E-state index in [0.29, 0.717) is 6.42 Å². The second kappa shape index (κ2) is 8.78. The Balaban J connectivity index is 2.25. The Morgan fingerprint density at radius 1 is 1.21 bits per heavy atom. The summed E-state index contributed by atoms with van der Waals surface area (Å²) in [5.41, 5.74) is 2.43. The molecule has 0 saturated carbocycles. The molecule has 0 amide bonds. The molecule has 0 N–H and O–H groups in total. The largest absolute Gasteiger partial charge is 0.501 e. The molecule has 0 bridgehead atoms. The quantitative estimate of drug-likeness (QED) is 0.590. The van der Waals surface area contributed by atoms with Crippen molar-refractivity contribution in [2.24, 2.45) is 0 Å². The van der Waals surface area contributed by atoms with Gasteiger partial charge in [-0.25, -0.2) is 4.98 Å². The summed E-state index contributed by atoms with van der Waals surface area (Å²) in [7, 11) is 1.71. The van der Waals surface area contributed by atoms with Crippen LogP contribution in [0.2, 0.25) is 0 Å². The number of morpholine rings is 1. The zero-order valence-electron chi connectivity index (χ0n) is 15.4. The van der Waals surface area contributed by atoms with Crippen LogP contribution in [-0.4, -0.2) is 48.4 Å². The Labute approximate surface area is 144 Å². The van der Waals surface area contributed by atoms with E-state index >= 15 is 0 Å². The number of methoxy groups -OCH3 is 1. The highest BCUT2D eigenvalue weighted by molar-refractivity contribution is 5.33. The first-order valence-corrected chi connectivity index (χ1v) is 8.48. The normalized spacial score (nSPS) is 15.4. The van der Waals surface area contributed by atoms with Crippen molar-refractivity contribution in [1.82, 2.24) is 15.0 Å². The molecule has 1 aromatic rings. The average molecular weight is 332 g/mol. The SMILES string of the molecule is CCC(=CC(Cc1nc(C)nc(N2CCOCC2)n1)=C(C)C)OC. The van der Waals surface area contributed by atoms with Crippen LogP contribution in [0.1, 0.15) is 38.8 Å². The number of ether oxygens (including phenoxy) is 2. The van der Waals surface area contributed by atoms with Crippen LogP contribution < -0.4 is 4.90 Å². The van der Waals surface area contributed by atoms with Crippen LogP contribution in [0, 0.1) is 6.92 Å². The fourth-order valence-electron chi connectivity index (χ4n) is 2.55. The maximum atomic E-state index is 5.41. The van der Waals surface area contributed by atoms with Gasteiger partial charge in [0.15, 0.2) is 0 Å².